The van der Waals surface area contributed by atoms with Gasteiger partial charge in [-0.25, -0.2) is 0 Å². The molecule has 6 heteroatoms. The third-order valence-electron chi connectivity index (χ3n) is 2.16. The van der Waals surface area contributed by atoms with Gasteiger partial charge in [-0.05, 0) is 19.9 Å². The summed E-state index contributed by atoms with van der Waals surface area (Å²) in [6.45, 7) is 3.70. The topological polar surface area (TPSA) is 66.5 Å². The average Bonchev–Trinajstić information content (AvgIpc) is 2.73. The van der Waals surface area contributed by atoms with Crippen LogP contribution < -0.4 is 4.78 Å². The molecule has 0 saturated heterocycles. The van der Waals surface area contributed by atoms with Gasteiger partial charge in [0.2, 0.25) is 0 Å². The molecular formula is C9H10BNO3S. The van der Waals surface area contributed by atoms with E-state index in [-0.39, 0.29) is 0 Å². The normalized spacial score (nSPS) is 10.7. The van der Waals surface area contributed by atoms with Crippen LogP contribution >= 0.6 is 11.3 Å². The van der Waals surface area contributed by atoms with Gasteiger partial charge in [-0.3, -0.25) is 0 Å². The van der Waals surface area contributed by atoms with Crippen LogP contribution in [0.5, 0.6) is 0 Å². The van der Waals surface area contributed by atoms with Crippen LogP contribution in [-0.2, 0) is 0 Å². The quantitative estimate of drug-likeness (QED) is 0.735. The van der Waals surface area contributed by atoms with Crippen LogP contribution in [0, 0.1) is 13.8 Å². The Morgan fingerprint density at radius 3 is 2.53 bits per heavy atom. The second kappa shape index (κ2) is 3.81. The minimum Gasteiger partial charge on any atom is -0.423 e. The standard InChI is InChI=1S/C9H10BNO3S/c1-5-9(6(2)14-11-5)7-3-4-8(15-7)10(12)13/h3-4,12-13H,1-2H3. The predicted molar refractivity (Wildman–Crippen MR) is 59.1 cm³/mol. The van der Waals surface area contributed by atoms with Crippen LogP contribution in [0.2, 0.25) is 0 Å². The number of aryl methyl sites for hydroxylation is 2. The molecule has 0 amide bonds. The molecule has 2 aromatic rings. The van der Waals surface area contributed by atoms with Gasteiger partial charge < -0.3 is 14.6 Å². The van der Waals surface area contributed by atoms with E-state index < -0.39 is 7.12 Å². The highest BCUT2D eigenvalue weighted by Gasteiger charge is 2.18. The van der Waals surface area contributed by atoms with E-state index in [4.69, 9.17) is 14.6 Å². The lowest BCUT2D eigenvalue weighted by atomic mass is 9.90. The van der Waals surface area contributed by atoms with Crippen molar-refractivity contribution >= 4 is 23.2 Å². The van der Waals surface area contributed by atoms with Crippen LogP contribution in [0.15, 0.2) is 16.7 Å². The van der Waals surface area contributed by atoms with Crippen LogP contribution in [-0.4, -0.2) is 22.3 Å². The van der Waals surface area contributed by atoms with Crippen molar-refractivity contribution in [1.29, 1.82) is 0 Å². The summed E-state index contributed by atoms with van der Waals surface area (Å²) in [5, 5.41) is 21.9. The number of thiophene rings is 1. The molecule has 2 rings (SSSR count). The third-order valence-corrected chi connectivity index (χ3v) is 3.30. The molecule has 0 aliphatic carbocycles. The van der Waals surface area contributed by atoms with Crippen LogP contribution in [0.4, 0.5) is 0 Å². The van der Waals surface area contributed by atoms with Crippen LogP contribution in [0.3, 0.4) is 0 Å². The Kier molecular flexibility index (Phi) is 2.64. The lowest BCUT2D eigenvalue weighted by Gasteiger charge is -1.94. The van der Waals surface area contributed by atoms with Crippen molar-refractivity contribution in [3.63, 3.8) is 0 Å². The van der Waals surface area contributed by atoms with Gasteiger partial charge in [0.05, 0.1) is 11.3 Å². The van der Waals surface area contributed by atoms with Crippen molar-refractivity contribution in [3.05, 3.63) is 23.6 Å². The zero-order valence-corrected chi connectivity index (χ0v) is 9.21. The Bertz CT molecular complexity index is 458. The van der Waals surface area contributed by atoms with Gasteiger partial charge in [0.25, 0.3) is 0 Å². The molecule has 0 unspecified atom stereocenters. The zero-order chi connectivity index (χ0) is 11.0. The summed E-state index contributed by atoms with van der Waals surface area (Å²) in [5.74, 6) is 0.744. The number of rotatable bonds is 2. The van der Waals surface area contributed by atoms with E-state index in [2.05, 4.69) is 5.16 Å². The molecule has 2 heterocycles. The van der Waals surface area contributed by atoms with Crippen molar-refractivity contribution in [2.45, 2.75) is 13.8 Å². The Hall–Kier alpha value is -1.11. The number of hydrogen-bond donors (Lipinski definition) is 2. The highest BCUT2D eigenvalue weighted by Crippen LogP contribution is 2.29. The fourth-order valence-electron chi connectivity index (χ4n) is 1.46. The molecule has 2 N–H and O–H groups in total. The van der Waals surface area contributed by atoms with E-state index in [9.17, 15) is 0 Å². The van der Waals surface area contributed by atoms with Crippen LogP contribution in [0.1, 0.15) is 11.5 Å². The molecule has 0 spiro atoms. The van der Waals surface area contributed by atoms with E-state index in [1.807, 2.05) is 19.9 Å². The number of nitrogens with zero attached hydrogens (tertiary/aromatic N) is 1. The molecule has 78 valence electrons. The van der Waals surface area contributed by atoms with Gasteiger partial charge in [0, 0.05) is 9.65 Å². The van der Waals surface area contributed by atoms with Crippen molar-refractivity contribution in [3.8, 4) is 10.4 Å². The van der Waals surface area contributed by atoms with Gasteiger partial charge in [0.15, 0.2) is 0 Å². The molecule has 0 aromatic carbocycles. The first-order valence-electron chi connectivity index (χ1n) is 4.48. The van der Waals surface area contributed by atoms with Gasteiger partial charge in [-0.2, -0.15) is 0 Å². The average molecular weight is 223 g/mol. The maximum atomic E-state index is 9.00. The molecular weight excluding hydrogens is 213 g/mol. The minimum absolute atomic E-state index is 0.519. The Morgan fingerprint density at radius 1 is 1.33 bits per heavy atom. The molecule has 0 aliphatic heterocycles. The van der Waals surface area contributed by atoms with Crippen molar-refractivity contribution in [2.24, 2.45) is 0 Å². The number of hydrogen-bond acceptors (Lipinski definition) is 5. The highest BCUT2D eigenvalue weighted by molar-refractivity contribution is 7.24. The summed E-state index contributed by atoms with van der Waals surface area (Å²) in [5.41, 5.74) is 1.75. The Labute approximate surface area is 91.3 Å². The second-order valence-electron chi connectivity index (χ2n) is 3.27. The van der Waals surface area contributed by atoms with Crippen molar-refractivity contribution in [1.82, 2.24) is 5.16 Å². The maximum Gasteiger partial charge on any atom is 0.499 e. The summed E-state index contributed by atoms with van der Waals surface area (Å²) in [7, 11) is -1.41. The SMILES string of the molecule is Cc1noc(C)c1-c1ccc(B(O)O)s1. The Balaban J connectivity index is 2.46. The summed E-state index contributed by atoms with van der Waals surface area (Å²) >= 11 is 1.33. The fourth-order valence-corrected chi connectivity index (χ4v) is 2.49. The predicted octanol–water partition coefficient (Wildman–Crippen LogP) is 0.700. The monoisotopic (exact) mass is 223 g/mol. The fraction of sp³-hybridized carbons (Fsp3) is 0.222. The maximum absolute atomic E-state index is 9.00. The summed E-state index contributed by atoms with van der Waals surface area (Å²) in [6, 6.07) is 3.53. The molecule has 15 heavy (non-hydrogen) atoms. The zero-order valence-electron chi connectivity index (χ0n) is 8.39. The van der Waals surface area contributed by atoms with Gasteiger partial charge in [-0.15, -0.1) is 11.3 Å². The molecule has 0 saturated carbocycles. The minimum atomic E-state index is -1.41. The third kappa shape index (κ3) is 1.83. The van der Waals surface area contributed by atoms with Crippen molar-refractivity contribution in [2.75, 3.05) is 0 Å². The molecule has 0 fully saturated rings. The second-order valence-corrected chi connectivity index (χ2v) is 4.39. The summed E-state index contributed by atoms with van der Waals surface area (Å²) < 4.78 is 5.57. The van der Waals surface area contributed by atoms with Gasteiger partial charge >= 0.3 is 7.12 Å². The van der Waals surface area contributed by atoms with E-state index >= 15 is 0 Å². The molecule has 4 nitrogen and oxygen atoms in total. The first kappa shape index (κ1) is 10.4. The first-order chi connectivity index (χ1) is 7.09. The summed E-state index contributed by atoms with van der Waals surface area (Å²) in [4.78, 5) is 0.939. The molecule has 2 aromatic heterocycles. The van der Waals surface area contributed by atoms with Gasteiger partial charge in [-0.1, -0.05) is 11.2 Å². The molecule has 0 bridgehead atoms. The molecule has 0 radical (unpaired) electrons. The first-order valence-corrected chi connectivity index (χ1v) is 5.30. The van der Waals surface area contributed by atoms with Gasteiger partial charge in [0.1, 0.15) is 5.76 Å². The number of aromatic nitrogens is 1. The van der Waals surface area contributed by atoms with E-state index in [0.717, 1.165) is 21.9 Å². The largest absolute Gasteiger partial charge is 0.499 e. The van der Waals surface area contributed by atoms with E-state index in [1.165, 1.54) is 11.3 Å². The molecule has 0 aliphatic rings. The van der Waals surface area contributed by atoms with Crippen LogP contribution in [0.25, 0.3) is 10.4 Å². The highest BCUT2D eigenvalue weighted by atomic mass is 32.1. The summed E-state index contributed by atoms with van der Waals surface area (Å²) in [6.07, 6.45) is 0. The lowest BCUT2D eigenvalue weighted by Crippen LogP contribution is -2.26. The van der Waals surface area contributed by atoms with E-state index in [0.29, 0.717) is 4.78 Å². The lowest BCUT2D eigenvalue weighted by molar-refractivity contribution is 0.393. The Morgan fingerprint density at radius 2 is 2.07 bits per heavy atom. The van der Waals surface area contributed by atoms with Crippen molar-refractivity contribution < 1.29 is 14.6 Å². The van der Waals surface area contributed by atoms with E-state index in [1.54, 1.807) is 6.07 Å². The smallest absolute Gasteiger partial charge is 0.423 e. The molecule has 0 atom stereocenters.